The third-order valence-electron chi connectivity index (χ3n) is 5.36. The summed E-state index contributed by atoms with van der Waals surface area (Å²) >= 11 is 8.17. The number of nitrogens with one attached hydrogen (secondary N) is 1. The van der Waals surface area contributed by atoms with Crippen LogP contribution in [0.25, 0.3) is 0 Å². The molecule has 5 heteroatoms. The Morgan fingerprint density at radius 3 is 2.82 bits per heavy atom. The maximum atomic E-state index is 11.4. The summed E-state index contributed by atoms with van der Waals surface area (Å²) in [5.41, 5.74) is 5.13. The Morgan fingerprint density at radius 1 is 1.21 bits per heavy atom. The minimum atomic E-state index is -0.948. The molecule has 0 heterocycles. The lowest BCUT2D eigenvalue weighted by atomic mass is 9.75. The number of aryl methyl sites for hydroxylation is 2. The average Bonchev–Trinajstić information content (AvgIpc) is 2.67. The number of amides is 1. The second-order valence-corrected chi connectivity index (χ2v) is 9.09. The summed E-state index contributed by atoms with van der Waals surface area (Å²) in [7, 11) is 0. The Labute approximate surface area is 176 Å². The monoisotopic (exact) mass is 417 g/mol. The zero-order valence-electron chi connectivity index (χ0n) is 16.3. The molecule has 0 saturated carbocycles. The summed E-state index contributed by atoms with van der Waals surface area (Å²) in [6.45, 7) is 2.21. The zero-order chi connectivity index (χ0) is 19.9. The fraction of sp³-hybridized carbons (Fsp3) is 0.435. The van der Waals surface area contributed by atoms with Crippen LogP contribution < -0.4 is 5.32 Å². The molecule has 0 fully saturated rings. The summed E-state index contributed by atoms with van der Waals surface area (Å²) in [5, 5.41) is 12.8. The topological polar surface area (TPSA) is 49.3 Å². The van der Waals surface area contributed by atoms with Crippen molar-refractivity contribution in [2.45, 2.75) is 51.0 Å². The molecule has 0 spiro atoms. The number of benzene rings is 2. The fourth-order valence-electron chi connectivity index (χ4n) is 4.04. The van der Waals surface area contributed by atoms with E-state index in [1.54, 1.807) is 0 Å². The van der Waals surface area contributed by atoms with Crippen LogP contribution in [0.4, 0.5) is 4.79 Å². The number of carbonyl (C=O) groups is 1. The number of fused-ring (bicyclic) bond motifs is 1. The third kappa shape index (κ3) is 5.68. The highest BCUT2D eigenvalue weighted by Gasteiger charge is 2.31. The van der Waals surface area contributed by atoms with E-state index in [9.17, 15) is 9.90 Å². The van der Waals surface area contributed by atoms with Crippen molar-refractivity contribution in [2.24, 2.45) is 0 Å². The van der Waals surface area contributed by atoms with Gasteiger partial charge in [0, 0.05) is 17.0 Å². The van der Waals surface area contributed by atoms with E-state index in [1.165, 1.54) is 28.9 Å². The summed E-state index contributed by atoms with van der Waals surface area (Å²) in [5.74, 6) is 2.46. The molecule has 150 valence electrons. The Kier molecular flexibility index (Phi) is 7.69. The smallest absolute Gasteiger partial charge is 0.404 e. The first-order valence-electron chi connectivity index (χ1n) is 10.00. The van der Waals surface area contributed by atoms with E-state index in [-0.39, 0.29) is 12.0 Å². The Hall–Kier alpha value is -1.65. The number of thioether (sulfide) groups is 1. The molecule has 3 rings (SSSR count). The maximum Gasteiger partial charge on any atom is 0.404 e. The van der Waals surface area contributed by atoms with Crippen molar-refractivity contribution in [3.63, 3.8) is 0 Å². The first-order chi connectivity index (χ1) is 13.6. The van der Waals surface area contributed by atoms with Gasteiger partial charge in [-0.15, -0.1) is 0 Å². The molecule has 1 aliphatic carbocycles. The summed E-state index contributed by atoms with van der Waals surface area (Å²) in [6.07, 6.45) is 3.84. The summed E-state index contributed by atoms with van der Waals surface area (Å²) in [4.78, 5) is 11.4. The van der Waals surface area contributed by atoms with Gasteiger partial charge < -0.3 is 10.4 Å². The highest BCUT2D eigenvalue weighted by molar-refractivity contribution is 7.99. The lowest BCUT2D eigenvalue weighted by molar-refractivity contribution is 0.185. The second-order valence-electron chi connectivity index (χ2n) is 7.43. The number of halogens is 1. The van der Waals surface area contributed by atoms with E-state index in [0.29, 0.717) is 0 Å². The molecule has 0 aliphatic heterocycles. The molecule has 2 aromatic rings. The SMILES string of the molecule is CCCSCCc1ccc2c(c1)C(Cc1cccc(Cl)c1)C(NC(=O)O)CC2. The van der Waals surface area contributed by atoms with Crippen LogP contribution in [0.1, 0.15) is 47.9 Å². The van der Waals surface area contributed by atoms with Crippen LogP contribution in [0.3, 0.4) is 0 Å². The van der Waals surface area contributed by atoms with Crippen LogP contribution in [0.2, 0.25) is 5.02 Å². The molecule has 1 amide bonds. The molecule has 2 N–H and O–H groups in total. The van der Waals surface area contributed by atoms with Crippen molar-refractivity contribution in [1.82, 2.24) is 5.32 Å². The standard InChI is InChI=1S/C23H28ClNO2S/c1-2-11-28-12-10-16-6-7-18-8-9-22(25-23(26)27)21(20(18)14-16)15-17-4-3-5-19(24)13-17/h3-7,13-14,21-22,25H,2,8-12,15H2,1H3,(H,26,27). The van der Waals surface area contributed by atoms with E-state index >= 15 is 0 Å². The van der Waals surface area contributed by atoms with Gasteiger partial charge in [0.2, 0.25) is 0 Å². The molecule has 0 radical (unpaired) electrons. The van der Waals surface area contributed by atoms with Crippen LogP contribution in [-0.4, -0.2) is 28.7 Å². The molecule has 0 bridgehead atoms. The first-order valence-corrected chi connectivity index (χ1v) is 11.5. The van der Waals surface area contributed by atoms with Crippen LogP contribution >= 0.6 is 23.4 Å². The van der Waals surface area contributed by atoms with E-state index in [1.807, 2.05) is 30.0 Å². The summed E-state index contributed by atoms with van der Waals surface area (Å²) in [6, 6.07) is 14.6. The average molecular weight is 418 g/mol. The summed E-state index contributed by atoms with van der Waals surface area (Å²) < 4.78 is 0. The molecular formula is C23H28ClNO2S. The Bertz CT molecular complexity index is 811. The predicted molar refractivity (Wildman–Crippen MR) is 119 cm³/mol. The Morgan fingerprint density at radius 2 is 2.07 bits per heavy atom. The van der Waals surface area contributed by atoms with E-state index in [0.717, 1.165) is 42.0 Å². The maximum absolute atomic E-state index is 11.4. The highest BCUT2D eigenvalue weighted by atomic mass is 35.5. The van der Waals surface area contributed by atoms with Gasteiger partial charge in [-0.05, 0) is 78.0 Å². The first kappa shape index (κ1) is 21.1. The van der Waals surface area contributed by atoms with Gasteiger partial charge >= 0.3 is 6.09 Å². The van der Waals surface area contributed by atoms with Crippen molar-refractivity contribution in [2.75, 3.05) is 11.5 Å². The molecule has 28 heavy (non-hydrogen) atoms. The van der Waals surface area contributed by atoms with Crippen LogP contribution in [0.5, 0.6) is 0 Å². The van der Waals surface area contributed by atoms with Crippen LogP contribution in [0.15, 0.2) is 42.5 Å². The number of hydrogen-bond acceptors (Lipinski definition) is 2. The van der Waals surface area contributed by atoms with E-state index in [4.69, 9.17) is 11.6 Å². The Balaban J connectivity index is 1.85. The largest absolute Gasteiger partial charge is 0.465 e. The lowest BCUT2D eigenvalue weighted by Crippen LogP contribution is -2.42. The number of carboxylic acid groups (broad SMARTS) is 1. The quantitative estimate of drug-likeness (QED) is 0.523. The molecule has 2 unspecified atom stereocenters. The molecule has 0 saturated heterocycles. The molecule has 0 aromatic heterocycles. The third-order valence-corrected chi connectivity index (χ3v) is 6.78. The second kappa shape index (κ2) is 10.2. The number of hydrogen-bond donors (Lipinski definition) is 2. The fourth-order valence-corrected chi connectivity index (χ4v) is 5.13. The minimum Gasteiger partial charge on any atom is -0.465 e. The normalized spacial score (nSPS) is 18.5. The van der Waals surface area contributed by atoms with E-state index < -0.39 is 6.09 Å². The van der Waals surface area contributed by atoms with Gasteiger partial charge in [0.05, 0.1) is 0 Å². The molecule has 2 aromatic carbocycles. The molecule has 1 aliphatic rings. The van der Waals surface area contributed by atoms with Crippen LogP contribution in [-0.2, 0) is 19.3 Å². The van der Waals surface area contributed by atoms with Gasteiger partial charge in [-0.2, -0.15) is 11.8 Å². The van der Waals surface area contributed by atoms with Crippen molar-refractivity contribution < 1.29 is 9.90 Å². The van der Waals surface area contributed by atoms with Crippen LogP contribution in [0, 0.1) is 0 Å². The minimum absolute atomic E-state index is 0.0753. The van der Waals surface area contributed by atoms with Crippen molar-refractivity contribution >= 4 is 29.5 Å². The van der Waals surface area contributed by atoms with Crippen molar-refractivity contribution in [1.29, 1.82) is 0 Å². The van der Waals surface area contributed by atoms with Crippen molar-refractivity contribution in [3.8, 4) is 0 Å². The van der Waals surface area contributed by atoms with Crippen molar-refractivity contribution in [3.05, 3.63) is 69.7 Å². The van der Waals surface area contributed by atoms with Gasteiger partial charge in [0.25, 0.3) is 0 Å². The lowest BCUT2D eigenvalue weighted by Gasteiger charge is -2.34. The van der Waals surface area contributed by atoms with Gasteiger partial charge in [-0.25, -0.2) is 4.79 Å². The van der Waals surface area contributed by atoms with Gasteiger partial charge in [-0.1, -0.05) is 48.9 Å². The van der Waals surface area contributed by atoms with Gasteiger partial charge in [-0.3, -0.25) is 0 Å². The van der Waals surface area contributed by atoms with Gasteiger partial charge in [0.15, 0.2) is 0 Å². The highest BCUT2D eigenvalue weighted by Crippen LogP contribution is 2.36. The predicted octanol–water partition coefficient (Wildman–Crippen LogP) is 5.93. The molecule has 2 atom stereocenters. The zero-order valence-corrected chi connectivity index (χ0v) is 17.9. The van der Waals surface area contributed by atoms with Gasteiger partial charge in [0.1, 0.15) is 0 Å². The van der Waals surface area contributed by atoms with E-state index in [2.05, 4.69) is 36.5 Å². The number of rotatable bonds is 8. The molecular weight excluding hydrogens is 390 g/mol. The molecule has 3 nitrogen and oxygen atoms in total.